The number of benzene rings is 1. The van der Waals surface area contributed by atoms with Gasteiger partial charge in [0.05, 0.1) is 35.3 Å². The average Bonchev–Trinajstić information content (AvgIpc) is 3.04. The van der Waals surface area contributed by atoms with Gasteiger partial charge in [-0.1, -0.05) is 11.6 Å². The van der Waals surface area contributed by atoms with Gasteiger partial charge in [-0.05, 0) is 51.1 Å². The highest BCUT2D eigenvalue weighted by atomic mass is 35.5. The van der Waals surface area contributed by atoms with Crippen LogP contribution in [-0.4, -0.2) is 47.0 Å². The van der Waals surface area contributed by atoms with Crippen molar-refractivity contribution in [2.24, 2.45) is 0 Å². The van der Waals surface area contributed by atoms with E-state index in [1.165, 1.54) is 35.0 Å². The van der Waals surface area contributed by atoms with Crippen LogP contribution in [0.2, 0.25) is 5.15 Å². The van der Waals surface area contributed by atoms with Crippen molar-refractivity contribution in [3.63, 3.8) is 0 Å². The Balaban J connectivity index is 1.73. The summed E-state index contributed by atoms with van der Waals surface area (Å²) in [5.74, 6) is -1.73. The van der Waals surface area contributed by atoms with Crippen LogP contribution >= 0.6 is 11.6 Å². The van der Waals surface area contributed by atoms with Crippen LogP contribution in [0, 0.1) is 12.7 Å². The Hall–Kier alpha value is -3.66. The van der Waals surface area contributed by atoms with Crippen LogP contribution in [0.3, 0.4) is 0 Å². The third-order valence-electron chi connectivity index (χ3n) is 4.73. The summed E-state index contributed by atoms with van der Waals surface area (Å²) in [6, 6.07) is 4.50. The van der Waals surface area contributed by atoms with E-state index in [1.54, 1.807) is 20.8 Å². The third-order valence-corrected chi connectivity index (χ3v) is 5.09. The zero-order valence-electron chi connectivity index (χ0n) is 18.1. The molecule has 2 N–H and O–H groups in total. The highest BCUT2D eigenvalue weighted by Gasteiger charge is 2.30. The molecule has 1 aromatic heterocycles. The lowest BCUT2D eigenvalue weighted by Gasteiger charge is -2.26. The summed E-state index contributed by atoms with van der Waals surface area (Å²) in [5.41, 5.74) is 1.90. The molecule has 11 heteroatoms. The molecule has 2 heterocycles. The number of urea groups is 1. The van der Waals surface area contributed by atoms with E-state index in [-0.39, 0.29) is 35.5 Å². The van der Waals surface area contributed by atoms with Crippen LogP contribution in [0.15, 0.2) is 41.6 Å². The zero-order chi connectivity index (χ0) is 24.1. The van der Waals surface area contributed by atoms with Crippen molar-refractivity contribution >= 4 is 35.6 Å². The van der Waals surface area contributed by atoms with Crippen LogP contribution in [0.1, 0.15) is 25.1 Å². The molecular formula is C22H22ClFN4O5. The number of ether oxygens (including phenoxy) is 2. The molecule has 2 aromatic rings. The van der Waals surface area contributed by atoms with Crippen molar-refractivity contribution in [3.8, 4) is 5.69 Å². The molecule has 1 aromatic carbocycles. The fourth-order valence-electron chi connectivity index (χ4n) is 3.19. The molecule has 2 amide bonds. The van der Waals surface area contributed by atoms with Crippen LogP contribution in [0.5, 0.6) is 0 Å². The first-order chi connectivity index (χ1) is 15.7. The molecule has 1 aliphatic heterocycles. The second kappa shape index (κ2) is 10.3. The first-order valence-corrected chi connectivity index (χ1v) is 10.4. The van der Waals surface area contributed by atoms with Gasteiger partial charge in [-0.3, -0.25) is 0 Å². The number of nitrogens with one attached hydrogen (secondary N) is 2. The number of carbonyl (C=O) groups excluding carboxylic acids is 3. The Bertz CT molecular complexity index is 1140. The average molecular weight is 477 g/mol. The first-order valence-electron chi connectivity index (χ1n) is 10.0. The number of halogens is 2. The van der Waals surface area contributed by atoms with Crippen molar-refractivity contribution in [1.29, 1.82) is 0 Å². The molecule has 0 unspecified atom stereocenters. The lowest BCUT2D eigenvalue weighted by Crippen LogP contribution is -2.50. The van der Waals surface area contributed by atoms with Crippen molar-refractivity contribution in [3.05, 3.63) is 63.8 Å². The van der Waals surface area contributed by atoms with E-state index < -0.39 is 24.0 Å². The maximum atomic E-state index is 13.2. The zero-order valence-corrected chi connectivity index (χ0v) is 18.9. The Morgan fingerprint density at radius 3 is 2.64 bits per heavy atom. The summed E-state index contributed by atoms with van der Waals surface area (Å²) < 4.78 is 24.8. The van der Waals surface area contributed by atoms with E-state index in [0.717, 1.165) is 6.08 Å². The molecular weight excluding hydrogens is 455 g/mol. The Morgan fingerprint density at radius 2 is 1.97 bits per heavy atom. The summed E-state index contributed by atoms with van der Waals surface area (Å²) in [5, 5.41) is 9.58. The van der Waals surface area contributed by atoms with Gasteiger partial charge in [0.2, 0.25) is 0 Å². The van der Waals surface area contributed by atoms with Crippen molar-refractivity contribution < 1.29 is 28.2 Å². The summed E-state index contributed by atoms with van der Waals surface area (Å²) in [6.45, 7) is 4.81. The molecule has 0 aliphatic carbocycles. The van der Waals surface area contributed by atoms with E-state index in [9.17, 15) is 18.8 Å². The largest absolute Gasteiger partial charge is 0.463 e. The lowest BCUT2D eigenvalue weighted by molar-refractivity contribution is -0.140. The second-order valence-electron chi connectivity index (χ2n) is 7.05. The Morgan fingerprint density at radius 1 is 1.27 bits per heavy atom. The normalized spacial score (nSPS) is 15.9. The Kier molecular flexibility index (Phi) is 7.49. The summed E-state index contributed by atoms with van der Waals surface area (Å²) >= 11 is 6.39. The molecule has 0 fully saturated rings. The number of aromatic nitrogens is 2. The molecule has 9 nitrogen and oxygen atoms in total. The first kappa shape index (κ1) is 24.0. The second-order valence-corrected chi connectivity index (χ2v) is 7.41. The van der Waals surface area contributed by atoms with Crippen LogP contribution in [0.4, 0.5) is 9.18 Å². The van der Waals surface area contributed by atoms with Gasteiger partial charge in [-0.15, -0.1) is 0 Å². The summed E-state index contributed by atoms with van der Waals surface area (Å²) in [7, 11) is 0. The highest BCUT2D eigenvalue weighted by molar-refractivity contribution is 6.31. The molecule has 33 heavy (non-hydrogen) atoms. The predicted octanol–water partition coefficient (Wildman–Crippen LogP) is 3.05. The minimum atomic E-state index is -0.726. The highest BCUT2D eigenvalue weighted by Crippen LogP contribution is 2.25. The smallest absolute Gasteiger partial charge is 0.338 e. The maximum absolute atomic E-state index is 13.2. The molecule has 0 radical (unpaired) electrons. The predicted molar refractivity (Wildman–Crippen MR) is 118 cm³/mol. The molecule has 0 saturated heterocycles. The topological polar surface area (TPSA) is 112 Å². The molecule has 3 rings (SSSR count). The van der Waals surface area contributed by atoms with E-state index in [4.69, 9.17) is 21.1 Å². The molecule has 1 aliphatic rings. The molecule has 174 valence electrons. The molecule has 1 atom stereocenters. The maximum Gasteiger partial charge on any atom is 0.338 e. The third kappa shape index (κ3) is 5.58. The van der Waals surface area contributed by atoms with Gasteiger partial charge < -0.3 is 20.1 Å². The van der Waals surface area contributed by atoms with Crippen molar-refractivity contribution in [2.45, 2.75) is 26.8 Å². The van der Waals surface area contributed by atoms with Gasteiger partial charge in [0.15, 0.2) is 0 Å². The number of esters is 2. The number of hydrogen-bond acceptors (Lipinski definition) is 6. The van der Waals surface area contributed by atoms with Crippen LogP contribution in [0.25, 0.3) is 11.8 Å². The fraction of sp³-hybridized carbons (Fsp3) is 0.273. The summed E-state index contributed by atoms with van der Waals surface area (Å²) in [4.78, 5) is 36.3. The minimum Gasteiger partial charge on any atom is -0.463 e. The van der Waals surface area contributed by atoms with Crippen molar-refractivity contribution in [1.82, 2.24) is 20.4 Å². The number of amides is 2. The number of aryl methyl sites for hydroxylation is 1. The van der Waals surface area contributed by atoms with Crippen LogP contribution in [-0.2, 0) is 19.1 Å². The van der Waals surface area contributed by atoms with Crippen LogP contribution < -0.4 is 10.6 Å². The number of carbonyl (C=O) groups is 3. The van der Waals surface area contributed by atoms with Gasteiger partial charge >= 0.3 is 18.0 Å². The van der Waals surface area contributed by atoms with Gasteiger partial charge in [-0.2, -0.15) is 5.10 Å². The number of hydrogen-bond donors (Lipinski definition) is 2. The standard InChI is InChI=1S/C22H22ClFN4O5/c1-4-32-21(30)19-13(3)25-22(31)26-17(19)11-33-18(29)10-9-16-12(2)27-28(20(16)23)15-7-5-14(24)6-8-15/h5-10,13H,4,11H2,1-3H3,(H2,25,26,31)/b10-9+/t13-/m0/s1. The van der Waals surface area contributed by atoms with E-state index >= 15 is 0 Å². The monoisotopic (exact) mass is 476 g/mol. The van der Waals surface area contributed by atoms with E-state index in [2.05, 4.69) is 15.7 Å². The van der Waals surface area contributed by atoms with Gasteiger partial charge in [-0.25, -0.2) is 23.5 Å². The van der Waals surface area contributed by atoms with Gasteiger partial charge in [0, 0.05) is 11.6 Å². The van der Waals surface area contributed by atoms with Gasteiger partial charge in [0.1, 0.15) is 17.6 Å². The number of nitrogens with zero attached hydrogens (tertiary/aromatic N) is 2. The quantitative estimate of drug-likeness (QED) is 0.469. The molecule has 0 saturated carbocycles. The van der Waals surface area contributed by atoms with Gasteiger partial charge in [0.25, 0.3) is 0 Å². The molecule has 0 bridgehead atoms. The minimum absolute atomic E-state index is 0.143. The lowest BCUT2D eigenvalue weighted by atomic mass is 10.0. The van der Waals surface area contributed by atoms with E-state index in [1.807, 2.05) is 0 Å². The molecule has 0 spiro atoms. The summed E-state index contributed by atoms with van der Waals surface area (Å²) in [6.07, 6.45) is 2.60. The SMILES string of the molecule is CCOC(=O)C1=C(COC(=O)/C=C/c2c(C)nn(-c3ccc(F)cc3)c2Cl)NC(=O)N[C@H]1C. The number of rotatable bonds is 7. The van der Waals surface area contributed by atoms with E-state index in [0.29, 0.717) is 16.9 Å². The van der Waals surface area contributed by atoms with Crippen molar-refractivity contribution in [2.75, 3.05) is 13.2 Å². The fourth-order valence-corrected chi connectivity index (χ4v) is 3.53. The Labute approximate surface area is 194 Å².